The number of unbranched alkanes of at least 4 members (excludes halogenated alkanes) is 7. The maximum Gasteiger partial charge on any atom is 0.220 e. The van der Waals surface area contributed by atoms with Crippen LogP contribution < -0.4 is 5.32 Å². The van der Waals surface area contributed by atoms with Crippen LogP contribution in [0.3, 0.4) is 0 Å². The molecule has 0 saturated heterocycles. The van der Waals surface area contributed by atoms with Crippen LogP contribution in [0.25, 0.3) is 0 Å². The molecule has 2 saturated carbocycles. The molecule has 0 spiro atoms. The lowest BCUT2D eigenvalue weighted by atomic mass is 9.43. The van der Waals surface area contributed by atoms with E-state index in [1.807, 2.05) is 0 Å². The van der Waals surface area contributed by atoms with Crippen LogP contribution in [0.1, 0.15) is 165 Å². The van der Waals surface area contributed by atoms with Crippen molar-refractivity contribution in [1.82, 2.24) is 5.32 Å². The van der Waals surface area contributed by atoms with Gasteiger partial charge < -0.3 is 9.74 Å². The standard InChI is InChI=1S/C38H67N2O2Si/c1-28(2)43(36(4,5)6)42-34-24-25-38(9)32-21-18-29(3)30(31(32)19-22-33(38)37(34,7)8)20-23-35(41)40-27-17-15-13-11-10-12-14-16-26-39/h28,31-34H,10-25,27H2,1-9H3,(H,40,41)/t31?,32?,33?,34-,38+/m0/s1. The molecule has 0 aromatic carbocycles. The maximum atomic E-state index is 12.8. The van der Waals surface area contributed by atoms with Crippen LogP contribution in [-0.2, 0) is 9.22 Å². The minimum atomic E-state index is -0.928. The maximum absolute atomic E-state index is 12.8. The number of fused-ring (bicyclic) bond motifs is 3. The summed E-state index contributed by atoms with van der Waals surface area (Å²) in [5.74, 6) is 2.34. The zero-order chi connectivity index (χ0) is 31.8. The summed E-state index contributed by atoms with van der Waals surface area (Å²) in [6.45, 7) is 22.8. The average molecular weight is 612 g/mol. The molecule has 0 aliphatic heterocycles. The van der Waals surface area contributed by atoms with Crippen molar-refractivity contribution in [3.8, 4) is 6.07 Å². The van der Waals surface area contributed by atoms with Crippen LogP contribution in [0.2, 0.25) is 10.6 Å². The average Bonchev–Trinajstić information content (AvgIpc) is 2.91. The second-order valence-electron chi connectivity index (χ2n) is 16.7. The monoisotopic (exact) mass is 611 g/mol. The number of rotatable bonds is 15. The summed E-state index contributed by atoms with van der Waals surface area (Å²) >= 11 is 0. The van der Waals surface area contributed by atoms with Gasteiger partial charge in [0.15, 0.2) is 0 Å². The van der Waals surface area contributed by atoms with Gasteiger partial charge in [-0.3, -0.25) is 4.79 Å². The van der Waals surface area contributed by atoms with Crippen molar-refractivity contribution in [2.45, 2.75) is 182 Å². The number of carbonyl (C=O) groups is 1. The number of allylic oxidation sites excluding steroid dienone is 2. The summed E-state index contributed by atoms with van der Waals surface area (Å²) in [5.41, 5.74) is 4.39. The lowest BCUT2D eigenvalue weighted by Gasteiger charge is -2.63. The third kappa shape index (κ3) is 9.22. The van der Waals surface area contributed by atoms with Crippen molar-refractivity contribution in [2.75, 3.05) is 6.54 Å². The van der Waals surface area contributed by atoms with E-state index in [4.69, 9.17) is 9.69 Å². The largest absolute Gasteiger partial charge is 0.412 e. The predicted octanol–water partition coefficient (Wildman–Crippen LogP) is 10.7. The number of nitrogens with one attached hydrogen (secondary N) is 1. The third-order valence-electron chi connectivity index (χ3n) is 11.8. The molecule has 4 nitrogen and oxygen atoms in total. The van der Waals surface area contributed by atoms with E-state index in [2.05, 4.69) is 73.7 Å². The summed E-state index contributed by atoms with van der Waals surface area (Å²) in [6, 6.07) is 2.23. The smallest absolute Gasteiger partial charge is 0.220 e. The van der Waals surface area contributed by atoms with E-state index in [9.17, 15) is 4.79 Å². The predicted molar refractivity (Wildman–Crippen MR) is 183 cm³/mol. The van der Waals surface area contributed by atoms with Gasteiger partial charge in [0.2, 0.25) is 14.9 Å². The lowest BCUT2D eigenvalue weighted by Crippen LogP contribution is -2.58. The van der Waals surface area contributed by atoms with Crippen molar-refractivity contribution in [3.63, 3.8) is 0 Å². The molecular formula is C38H67N2O2Si. The van der Waals surface area contributed by atoms with Crippen LogP contribution in [0.4, 0.5) is 0 Å². The van der Waals surface area contributed by atoms with Crippen LogP contribution in [0.15, 0.2) is 11.1 Å². The molecule has 1 amide bonds. The fraction of sp³-hybridized carbons (Fsp3) is 0.895. The molecule has 1 radical (unpaired) electrons. The summed E-state index contributed by atoms with van der Waals surface area (Å²) in [7, 11) is -0.928. The van der Waals surface area contributed by atoms with Gasteiger partial charge in [-0.05, 0) is 104 Å². The molecule has 43 heavy (non-hydrogen) atoms. The first-order valence-electron chi connectivity index (χ1n) is 18.1. The van der Waals surface area contributed by atoms with E-state index >= 15 is 0 Å². The topological polar surface area (TPSA) is 62.1 Å². The SMILES string of the molecule is CC1=C(CCC(=O)NCCCCCCCCCC#N)C2CCC3C(C)(C)[C@@H](O[Si](C(C)C)C(C)(C)C)CC[C@]3(C)C2CC1. The minimum Gasteiger partial charge on any atom is -0.412 e. The number of hydrogen-bond donors (Lipinski definition) is 1. The van der Waals surface area contributed by atoms with Crippen LogP contribution in [0.5, 0.6) is 0 Å². The number of nitriles is 1. The molecule has 5 heteroatoms. The number of carbonyl (C=O) groups excluding carboxylic acids is 1. The second-order valence-corrected chi connectivity index (χ2v) is 20.3. The highest BCUT2D eigenvalue weighted by molar-refractivity contribution is 6.56. The Bertz CT molecular complexity index is 973. The molecule has 0 heterocycles. The van der Waals surface area contributed by atoms with Crippen LogP contribution in [-0.4, -0.2) is 27.6 Å². The first-order valence-corrected chi connectivity index (χ1v) is 19.6. The Morgan fingerprint density at radius 2 is 1.67 bits per heavy atom. The van der Waals surface area contributed by atoms with Gasteiger partial charge in [-0.15, -0.1) is 0 Å². The summed E-state index contributed by atoms with van der Waals surface area (Å²) in [5, 5.41) is 12.1. The molecular weight excluding hydrogens is 545 g/mol. The Morgan fingerprint density at radius 1 is 1.02 bits per heavy atom. The summed E-state index contributed by atoms with van der Waals surface area (Å²) in [6.07, 6.45) is 18.4. The molecule has 0 aromatic heterocycles. The quantitative estimate of drug-likeness (QED) is 0.114. The first-order chi connectivity index (χ1) is 20.2. The van der Waals surface area contributed by atoms with Gasteiger partial charge in [0, 0.05) is 19.4 Å². The highest BCUT2D eigenvalue weighted by atomic mass is 28.3. The van der Waals surface area contributed by atoms with E-state index < -0.39 is 9.04 Å². The molecule has 0 bridgehead atoms. The molecule has 3 rings (SSSR count). The van der Waals surface area contributed by atoms with Crippen molar-refractivity contribution in [3.05, 3.63) is 11.1 Å². The van der Waals surface area contributed by atoms with E-state index in [0.29, 0.717) is 41.7 Å². The second kappa shape index (κ2) is 15.9. The molecule has 3 unspecified atom stereocenters. The Labute approximate surface area is 268 Å². The van der Waals surface area contributed by atoms with Gasteiger partial charge >= 0.3 is 0 Å². The van der Waals surface area contributed by atoms with Gasteiger partial charge in [-0.2, -0.15) is 5.26 Å². The van der Waals surface area contributed by atoms with Crippen LogP contribution >= 0.6 is 0 Å². The Morgan fingerprint density at radius 3 is 2.30 bits per heavy atom. The van der Waals surface area contributed by atoms with Crippen molar-refractivity contribution < 1.29 is 9.22 Å². The number of nitrogens with zero attached hydrogens (tertiary/aromatic N) is 1. The van der Waals surface area contributed by atoms with Crippen molar-refractivity contribution in [1.29, 1.82) is 5.26 Å². The molecule has 0 aromatic rings. The highest BCUT2D eigenvalue weighted by Gasteiger charge is 2.59. The summed E-state index contributed by atoms with van der Waals surface area (Å²) < 4.78 is 7.18. The molecule has 1 N–H and O–H groups in total. The Kier molecular flexibility index (Phi) is 13.5. The normalized spacial score (nSPS) is 28.9. The van der Waals surface area contributed by atoms with E-state index in [1.54, 1.807) is 11.1 Å². The number of amides is 1. The molecule has 245 valence electrons. The first kappa shape index (κ1) is 36.3. The van der Waals surface area contributed by atoms with Gasteiger partial charge in [0.25, 0.3) is 0 Å². The van der Waals surface area contributed by atoms with Crippen molar-refractivity contribution in [2.24, 2.45) is 28.6 Å². The molecule has 2 fully saturated rings. The zero-order valence-electron chi connectivity index (χ0n) is 29.7. The molecule has 3 aliphatic carbocycles. The third-order valence-corrected chi connectivity index (χ3v) is 14.9. The van der Waals surface area contributed by atoms with Gasteiger partial charge in [-0.1, -0.05) is 98.6 Å². The molecule has 5 atom stereocenters. The van der Waals surface area contributed by atoms with E-state index in [1.165, 1.54) is 70.6 Å². The minimum absolute atomic E-state index is 0.196. The zero-order valence-corrected chi connectivity index (χ0v) is 30.7. The highest BCUT2D eigenvalue weighted by Crippen LogP contribution is 2.65. The summed E-state index contributed by atoms with van der Waals surface area (Å²) in [4.78, 5) is 12.8. The van der Waals surface area contributed by atoms with Crippen molar-refractivity contribution >= 4 is 14.9 Å². The fourth-order valence-electron chi connectivity index (χ4n) is 9.73. The lowest BCUT2D eigenvalue weighted by molar-refractivity contribution is -0.144. The van der Waals surface area contributed by atoms with Gasteiger partial charge in [-0.25, -0.2) is 0 Å². The number of hydrogen-bond acceptors (Lipinski definition) is 3. The van der Waals surface area contributed by atoms with Gasteiger partial charge in [0.05, 0.1) is 12.2 Å². The van der Waals surface area contributed by atoms with Crippen LogP contribution in [0, 0.1) is 39.9 Å². The van der Waals surface area contributed by atoms with Gasteiger partial charge in [0.1, 0.15) is 0 Å². The van der Waals surface area contributed by atoms with E-state index in [-0.39, 0.29) is 16.4 Å². The van der Waals surface area contributed by atoms with E-state index in [0.717, 1.165) is 31.7 Å². The molecule has 3 aliphatic rings. The Balaban J connectivity index is 1.52. The Hall–Kier alpha value is -1.12. The fourth-order valence-corrected chi connectivity index (χ4v) is 12.8.